The number of rotatable bonds is 5. The normalized spacial score (nSPS) is 21.3. The highest BCUT2D eigenvalue weighted by Crippen LogP contribution is 2.24. The molecule has 1 aliphatic carbocycles. The molecule has 112 valence electrons. The van der Waals surface area contributed by atoms with Gasteiger partial charge in [-0.15, -0.1) is 12.4 Å². The van der Waals surface area contributed by atoms with Gasteiger partial charge in [-0.05, 0) is 43.4 Å². The summed E-state index contributed by atoms with van der Waals surface area (Å²) in [6.07, 6.45) is 4.70. The molecular weight excluding hydrogens is 340 g/mol. The number of benzene rings is 1. The SMILES string of the molecule is Cl.NCC1CCCC1NC(=O)CCc1ccccc1Br. The zero-order chi connectivity index (χ0) is 13.7. The molecule has 1 aromatic rings. The van der Waals surface area contributed by atoms with E-state index in [-0.39, 0.29) is 24.4 Å². The van der Waals surface area contributed by atoms with Crippen molar-refractivity contribution in [1.82, 2.24) is 5.32 Å². The number of halogens is 2. The zero-order valence-electron chi connectivity index (χ0n) is 11.5. The average molecular weight is 362 g/mol. The third-order valence-corrected chi connectivity index (χ3v) is 4.66. The summed E-state index contributed by atoms with van der Waals surface area (Å²) in [5.41, 5.74) is 6.91. The number of nitrogens with two attached hydrogens (primary N) is 1. The van der Waals surface area contributed by atoms with Crippen LogP contribution in [0.3, 0.4) is 0 Å². The summed E-state index contributed by atoms with van der Waals surface area (Å²) in [4.78, 5) is 12.0. The summed E-state index contributed by atoms with van der Waals surface area (Å²) in [5, 5.41) is 3.14. The van der Waals surface area contributed by atoms with Crippen LogP contribution in [0.5, 0.6) is 0 Å². The molecule has 2 atom stereocenters. The minimum Gasteiger partial charge on any atom is -0.353 e. The summed E-state index contributed by atoms with van der Waals surface area (Å²) in [5.74, 6) is 0.605. The van der Waals surface area contributed by atoms with Gasteiger partial charge in [-0.2, -0.15) is 0 Å². The first kappa shape index (κ1) is 17.5. The lowest BCUT2D eigenvalue weighted by Gasteiger charge is -2.19. The Bertz CT molecular complexity index is 442. The van der Waals surface area contributed by atoms with E-state index in [1.807, 2.05) is 18.2 Å². The van der Waals surface area contributed by atoms with Gasteiger partial charge in [0.05, 0.1) is 0 Å². The maximum Gasteiger partial charge on any atom is 0.220 e. The highest BCUT2D eigenvalue weighted by Gasteiger charge is 2.27. The van der Waals surface area contributed by atoms with Crippen molar-refractivity contribution in [3.63, 3.8) is 0 Å². The maximum atomic E-state index is 12.0. The number of carbonyl (C=O) groups excluding carboxylic acids is 1. The first-order chi connectivity index (χ1) is 9.20. The maximum absolute atomic E-state index is 12.0. The fourth-order valence-electron chi connectivity index (χ4n) is 2.74. The predicted molar refractivity (Wildman–Crippen MR) is 88.0 cm³/mol. The lowest BCUT2D eigenvalue weighted by Crippen LogP contribution is -2.39. The number of carbonyl (C=O) groups is 1. The van der Waals surface area contributed by atoms with Gasteiger partial charge in [0.1, 0.15) is 0 Å². The molecule has 0 radical (unpaired) electrons. The van der Waals surface area contributed by atoms with Gasteiger partial charge in [0.2, 0.25) is 5.91 Å². The largest absolute Gasteiger partial charge is 0.353 e. The Morgan fingerprint density at radius 2 is 2.10 bits per heavy atom. The summed E-state index contributed by atoms with van der Waals surface area (Å²) in [6, 6.07) is 8.33. The summed E-state index contributed by atoms with van der Waals surface area (Å²) in [6.45, 7) is 0.676. The van der Waals surface area contributed by atoms with Crippen LogP contribution in [-0.2, 0) is 11.2 Å². The quantitative estimate of drug-likeness (QED) is 0.847. The van der Waals surface area contributed by atoms with Crippen LogP contribution < -0.4 is 11.1 Å². The second-order valence-electron chi connectivity index (χ2n) is 5.19. The Morgan fingerprint density at radius 3 is 2.80 bits per heavy atom. The molecule has 0 spiro atoms. The molecule has 1 aromatic carbocycles. The van der Waals surface area contributed by atoms with E-state index in [2.05, 4.69) is 27.3 Å². The van der Waals surface area contributed by atoms with Crippen LogP contribution >= 0.6 is 28.3 Å². The zero-order valence-corrected chi connectivity index (χ0v) is 13.9. The Hall–Kier alpha value is -0.580. The van der Waals surface area contributed by atoms with Crippen LogP contribution in [-0.4, -0.2) is 18.5 Å². The van der Waals surface area contributed by atoms with Crippen molar-refractivity contribution in [3.05, 3.63) is 34.3 Å². The molecule has 20 heavy (non-hydrogen) atoms. The first-order valence-electron chi connectivity index (χ1n) is 6.93. The molecule has 1 saturated carbocycles. The fourth-order valence-corrected chi connectivity index (χ4v) is 3.22. The van der Waals surface area contributed by atoms with Gasteiger partial charge in [0, 0.05) is 16.9 Å². The fraction of sp³-hybridized carbons (Fsp3) is 0.533. The third kappa shape index (κ3) is 4.76. The number of nitrogens with one attached hydrogen (secondary N) is 1. The van der Waals surface area contributed by atoms with E-state index < -0.39 is 0 Å². The highest BCUT2D eigenvalue weighted by molar-refractivity contribution is 9.10. The van der Waals surface area contributed by atoms with Crippen molar-refractivity contribution in [2.75, 3.05) is 6.54 Å². The Balaban J connectivity index is 0.00000200. The number of hydrogen-bond donors (Lipinski definition) is 2. The topological polar surface area (TPSA) is 55.1 Å². The molecule has 0 bridgehead atoms. The van der Waals surface area contributed by atoms with E-state index in [4.69, 9.17) is 5.73 Å². The summed E-state index contributed by atoms with van der Waals surface area (Å²) in [7, 11) is 0. The minimum absolute atomic E-state index is 0. The van der Waals surface area contributed by atoms with Gasteiger partial charge >= 0.3 is 0 Å². The van der Waals surface area contributed by atoms with E-state index in [9.17, 15) is 4.79 Å². The number of hydrogen-bond acceptors (Lipinski definition) is 2. The average Bonchev–Trinajstić information content (AvgIpc) is 2.85. The van der Waals surface area contributed by atoms with Gasteiger partial charge in [-0.1, -0.05) is 40.5 Å². The van der Waals surface area contributed by atoms with Gasteiger partial charge in [0.15, 0.2) is 0 Å². The Morgan fingerprint density at radius 1 is 1.35 bits per heavy atom. The van der Waals surface area contributed by atoms with E-state index in [0.29, 0.717) is 18.9 Å². The van der Waals surface area contributed by atoms with Crippen molar-refractivity contribution < 1.29 is 4.79 Å². The Kier molecular flexibility index (Phi) is 7.56. The van der Waals surface area contributed by atoms with Crippen LogP contribution in [0.1, 0.15) is 31.2 Å². The monoisotopic (exact) mass is 360 g/mol. The molecule has 3 N–H and O–H groups in total. The standard InChI is InChI=1S/C15H21BrN2O.ClH/c16-13-6-2-1-4-11(13)8-9-15(19)18-14-7-3-5-12(14)10-17;/h1-2,4,6,12,14H,3,5,7-10,17H2,(H,18,19);1H. The minimum atomic E-state index is 0. The highest BCUT2D eigenvalue weighted by atomic mass is 79.9. The molecule has 1 aliphatic rings. The van der Waals surface area contributed by atoms with Crippen molar-refractivity contribution >= 4 is 34.2 Å². The molecule has 0 aliphatic heterocycles. The molecule has 5 heteroatoms. The number of aryl methyl sites for hydroxylation is 1. The molecule has 2 unspecified atom stereocenters. The molecule has 0 saturated heterocycles. The predicted octanol–water partition coefficient (Wildman–Crippen LogP) is 3.05. The molecular formula is C15H22BrClN2O. The van der Waals surface area contributed by atoms with Crippen LogP contribution in [0.25, 0.3) is 0 Å². The lowest BCUT2D eigenvalue weighted by atomic mass is 10.0. The van der Waals surface area contributed by atoms with Crippen molar-refractivity contribution in [2.24, 2.45) is 11.7 Å². The molecule has 2 rings (SSSR count). The van der Waals surface area contributed by atoms with Gasteiger partial charge < -0.3 is 11.1 Å². The third-order valence-electron chi connectivity index (χ3n) is 3.89. The van der Waals surface area contributed by atoms with Crippen molar-refractivity contribution in [1.29, 1.82) is 0 Å². The summed E-state index contributed by atoms with van der Waals surface area (Å²) >= 11 is 3.51. The van der Waals surface area contributed by atoms with E-state index in [1.165, 1.54) is 12.0 Å². The van der Waals surface area contributed by atoms with E-state index in [0.717, 1.165) is 23.7 Å². The van der Waals surface area contributed by atoms with Crippen molar-refractivity contribution in [2.45, 2.75) is 38.1 Å². The Labute approximate surface area is 135 Å². The van der Waals surface area contributed by atoms with Gasteiger partial charge in [-0.25, -0.2) is 0 Å². The summed E-state index contributed by atoms with van der Waals surface area (Å²) < 4.78 is 1.07. The number of amides is 1. The van der Waals surface area contributed by atoms with Crippen LogP contribution in [0.2, 0.25) is 0 Å². The molecule has 1 amide bonds. The molecule has 0 aromatic heterocycles. The smallest absolute Gasteiger partial charge is 0.220 e. The van der Waals surface area contributed by atoms with Crippen LogP contribution in [0, 0.1) is 5.92 Å². The second kappa shape index (κ2) is 8.65. The van der Waals surface area contributed by atoms with Crippen LogP contribution in [0.15, 0.2) is 28.7 Å². The van der Waals surface area contributed by atoms with Gasteiger partial charge in [-0.3, -0.25) is 4.79 Å². The van der Waals surface area contributed by atoms with E-state index in [1.54, 1.807) is 0 Å². The van der Waals surface area contributed by atoms with Gasteiger partial charge in [0.25, 0.3) is 0 Å². The van der Waals surface area contributed by atoms with Crippen molar-refractivity contribution in [3.8, 4) is 0 Å². The van der Waals surface area contributed by atoms with E-state index >= 15 is 0 Å². The van der Waals surface area contributed by atoms with Crippen LogP contribution in [0.4, 0.5) is 0 Å². The first-order valence-corrected chi connectivity index (χ1v) is 7.73. The molecule has 0 heterocycles. The molecule has 3 nitrogen and oxygen atoms in total. The lowest BCUT2D eigenvalue weighted by molar-refractivity contribution is -0.122. The second-order valence-corrected chi connectivity index (χ2v) is 6.05. The molecule has 1 fully saturated rings.